The van der Waals surface area contributed by atoms with Gasteiger partial charge in [-0.15, -0.1) is 11.6 Å². The molecule has 2 N–H and O–H groups in total. The summed E-state index contributed by atoms with van der Waals surface area (Å²) in [6.07, 6.45) is 1.67. The normalized spacial score (nSPS) is 10.4. The maximum atomic E-state index is 5.94. The molecule has 0 aliphatic rings. The second kappa shape index (κ2) is 4.54. The fourth-order valence-electron chi connectivity index (χ4n) is 1.69. The zero-order chi connectivity index (χ0) is 11.5. The molecule has 0 aliphatic heterocycles. The number of pyridine rings is 1. The third-order valence-corrected chi connectivity index (χ3v) is 2.84. The van der Waals surface area contributed by atoms with Crippen LogP contribution < -0.4 is 5.73 Å². The number of aromatic nitrogens is 1. The van der Waals surface area contributed by atoms with Crippen LogP contribution in [0.4, 0.5) is 5.69 Å². The second-order valence-corrected chi connectivity index (χ2v) is 3.98. The highest BCUT2D eigenvalue weighted by atomic mass is 35.5. The number of benzene rings is 1. The molecule has 2 nitrogen and oxygen atoms in total. The molecule has 2 aromatic rings. The van der Waals surface area contributed by atoms with Crippen molar-refractivity contribution < 1.29 is 0 Å². The summed E-state index contributed by atoms with van der Waals surface area (Å²) in [6, 6.07) is 10.1. The molecule has 0 fully saturated rings. The van der Waals surface area contributed by atoms with Gasteiger partial charge in [-0.25, -0.2) is 0 Å². The van der Waals surface area contributed by atoms with Gasteiger partial charge < -0.3 is 5.73 Å². The average molecular weight is 233 g/mol. The van der Waals surface area contributed by atoms with E-state index >= 15 is 0 Å². The van der Waals surface area contributed by atoms with Crippen molar-refractivity contribution in [2.75, 3.05) is 5.73 Å². The molecule has 0 bridgehead atoms. The Morgan fingerprint density at radius 3 is 2.69 bits per heavy atom. The van der Waals surface area contributed by atoms with Gasteiger partial charge in [-0.2, -0.15) is 0 Å². The van der Waals surface area contributed by atoms with Gasteiger partial charge >= 0.3 is 0 Å². The van der Waals surface area contributed by atoms with E-state index < -0.39 is 0 Å². The minimum absolute atomic E-state index is 0.402. The highest BCUT2D eigenvalue weighted by molar-refractivity contribution is 6.16. The van der Waals surface area contributed by atoms with Crippen molar-refractivity contribution in [3.63, 3.8) is 0 Å². The van der Waals surface area contributed by atoms with Crippen molar-refractivity contribution in [1.82, 2.24) is 4.98 Å². The standard InChI is InChI=1S/C13H13ClN2/c1-9-4-2-3-5-11(9)12-6-10(7-14)16-8-13(12)15/h2-6,8H,7,15H2,1H3. The smallest absolute Gasteiger partial charge is 0.0647 e. The lowest BCUT2D eigenvalue weighted by Gasteiger charge is -2.09. The monoisotopic (exact) mass is 232 g/mol. The maximum Gasteiger partial charge on any atom is 0.0647 e. The van der Waals surface area contributed by atoms with Crippen molar-refractivity contribution in [2.45, 2.75) is 12.8 Å². The molecule has 0 spiro atoms. The number of aryl methyl sites for hydroxylation is 1. The predicted octanol–water partition coefficient (Wildman–Crippen LogP) is 3.38. The first-order valence-corrected chi connectivity index (χ1v) is 5.62. The van der Waals surface area contributed by atoms with Crippen molar-refractivity contribution in [3.05, 3.63) is 47.8 Å². The molecule has 0 saturated heterocycles. The zero-order valence-electron chi connectivity index (χ0n) is 9.07. The Hall–Kier alpha value is -1.54. The summed E-state index contributed by atoms with van der Waals surface area (Å²) in [4.78, 5) is 4.16. The third kappa shape index (κ3) is 2.02. The summed E-state index contributed by atoms with van der Waals surface area (Å²) < 4.78 is 0. The van der Waals surface area contributed by atoms with Gasteiger partial charge in [0.25, 0.3) is 0 Å². The largest absolute Gasteiger partial charge is 0.397 e. The quantitative estimate of drug-likeness (QED) is 0.807. The molecule has 82 valence electrons. The number of nitrogens with two attached hydrogens (primary N) is 1. The third-order valence-electron chi connectivity index (χ3n) is 2.56. The Kier molecular flexibility index (Phi) is 3.11. The summed E-state index contributed by atoms with van der Waals surface area (Å²) in [5, 5.41) is 0. The summed E-state index contributed by atoms with van der Waals surface area (Å²) in [6.45, 7) is 2.07. The molecule has 0 amide bonds. The first-order valence-electron chi connectivity index (χ1n) is 5.08. The maximum absolute atomic E-state index is 5.94. The molecule has 1 heterocycles. The van der Waals surface area contributed by atoms with Crippen LogP contribution in [0.1, 0.15) is 11.3 Å². The van der Waals surface area contributed by atoms with Crippen molar-refractivity contribution in [2.24, 2.45) is 0 Å². The van der Waals surface area contributed by atoms with Crippen LogP contribution in [0.25, 0.3) is 11.1 Å². The van der Waals surface area contributed by atoms with E-state index in [9.17, 15) is 0 Å². The van der Waals surface area contributed by atoms with E-state index in [1.54, 1.807) is 6.20 Å². The van der Waals surface area contributed by atoms with Gasteiger partial charge in [0.2, 0.25) is 0 Å². The van der Waals surface area contributed by atoms with Gasteiger partial charge in [0, 0.05) is 5.56 Å². The van der Waals surface area contributed by atoms with Gasteiger partial charge in [-0.3, -0.25) is 4.98 Å². The Labute approximate surface area is 100 Å². The average Bonchev–Trinajstić information content (AvgIpc) is 2.31. The van der Waals surface area contributed by atoms with Crippen molar-refractivity contribution in [3.8, 4) is 11.1 Å². The minimum atomic E-state index is 0.402. The van der Waals surface area contributed by atoms with Gasteiger partial charge in [-0.1, -0.05) is 24.3 Å². The molecule has 2 rings (SSSR count). The number of nitrogen functional groups attached to an aromatic ring is 1. The molecular formula is C13H13ClN2. The Morgan fingerprint density at radius 2 is 2.00 bits per heavy atom. The lowest BCUT2D eigenvalue weighted by atomic mass is 10.00. The summed E-state index contributed by atoms with van der Waals surface area (Å²) in [5.41, 5.74) is 10.8. The molecule has 0 aliphatic carbocycles. The van der Waals surface area contributed by atoms with E-state index in [4.69, 9.17) is 17.3 Å². The van der Waals surface area contributed by atoms with Crippen LogP contribution >= 0.6 is 11.6 Å². The van der Waals surface area contributed by atoms with Gasteiger partial charge in [0.05, 0.1) is 23.5 Å². The van der Waals surface area contributed by atoms with E-state index in [-0.39, 0.29) is 0 Å². The SMILES string of the molecule is Cc1ccccc1-c1cc(CCl)ncc1N. The van der Waals surface area contributed by atoms with Crippen LogP contribution in [0.5, 0.6) is 0 Å². The lowest BCUT2D eigenvalue weighted by molar-refractivity contribution is 1.17. The summed E-state index contributed by atoms with van der Waals surface area (Å²) in [7, 11) is 0. The van der Waals surface area contributed by atoms with E-state index in [2.05, 4.69) is 24.0 Å². The molecule has 1 aromatic heterocycles. The summed E-state index contributed by atoms with van der Waals surface area (Å²) in [5.74, 6) is 0.402. The number of halogens is 1. The Balaban J connectivity index is 2.59. The molecule has 1 aromatic carbocycles. The van der Waals surface area contributed by atoms with Crippen LogP contribution in [-0.2, 0) is 5.88 Å². The first kappa shape index (κ1) is 11.0. The number of anilines is 1. The highest BCUT2D eigenvalue weighted by Crippen LogP contribution is 2.28. The first-order chi connectivity index (χ1) is 7.72. The Morgan fingerprint density at radius 1 is 1.25 bits per heavy atom. The van der Waals surface area contributed by atoms with Crippen molar-refractivity contribution in [1.29, 1.82) is 0 Å². The van der Waals surface area contributed by atoms with E-state index in [0.29, 0.717) is 11.6 Å². The number of rotatable bonds is 2. The highest BCUT2D eigenvalue weighted by Gasteiger charge is 2.06. The van der Waals surface area contributed by atoms with Crippen LogP contribution in [0.2, 0.25) is 0 Å². The fourth-order valence-corrected chi connectivity index (χ4v) is 1.84. The van der Waals surface area contributed by atoms with E-state index in [1.165, 1.54) is 5.56 Å². The van der Waals surface area contributed by atoms with Gasteiger partial charge in [0.15, 0.2) is 0 Å². The van der Waals surface area contributed by atoms with Crippen LogP contribution in [0, 0.1) is 6.92 Å². The summed E-state index contributed by atoms with van der Waals surface area (Å²) >= 11 is 5.78. The molecule has 0 radical (unpaired) electrons. The lowest BCUT2D eigenvalue weighted by Crippen LogP contribution is -1.95. The van der Waals surface area contributed by atoms with Crippen LogP contribution in [-0.4, -0.2) is 4.98 Å². The predicted molar refractivity (Wildman–Crippen MR) is 68.4 cm³/mol. The van der Waals surface area contributed by atoms with Gasteiger partial charge in [-0.05, 0) is 24.1 Å². The molecule has 0 unspecified atom stereocenters. The second-order valence-electron chi connectivity index (χ2n) is 3.71. The van der Waals surface area contributed by atoms with Crippen LogP contribution in [0.15, 0.2) is 36.5 Å². The van der Waals surface area contributed by atoms with Crippen LogP contribution in [0.3, 0.4) is 0 Å². The molecule has 0 saturated carbocycles. The van der Waals surface area contributed by atoms with E-state index in [1.807, 2.05) is 18.2 Å². The number of hydrogen-bond donors (Lipinski definition) is 1. The van der Waals surface area contributed by atoms with Gasteiger partial charge in [0.1, 0.15) is 0 Å². The molecular weight excluding hydrogens is 220 g/mol. The molecule has 0 atom stereocenters. The van der Waals surface area contributed by atoms with Crippen molar-refractivity contribution >= 4 is 17.3 Å². The minimum Gasteiger partial charge on any atom is -0.397 e. The topological polar surface area (TPSA) is 38.9 Å². The molecule has 16 heavy (non-hydrogen) atoms. The number of alkyl halides is 1. The van der Waals surface area contributed by atoms with E-state index in [0.717, 1.165) is 16.8 Å². The zero-order valence-corrected chi connectivity index (χ0v) is 9.83. The Bertz CT molecular complexity index is 509. The number of nitrogens with zero attached hydrogens (tertiary/aromatic N) is 1. The molecule has 3 heteroatoms. The number of hydrogen-bond acceptors (Lipinski definition) is 2. The fraction of sp³-hybridized carbons (Fsp3) is 0.154.